The van der Waals surface area contributed by atoms with E-state index in [-0.39, 0.29) is 11.8 Å². The van der Waals surface area contributed by atoms with Gasteiger partial charge >= 0.3 is 0 Å². The first-order chi connectivity index (χ1) is 6.02. The molecule has 13 heavy (non-hydrogen) atoms. The molecule has 0 aromatic rings. The molecular weight excluding hydrogens is 188 g/mol. The topological polar surface area (TPSA) is 72.2 Å². The molecule has 0 rings (SSSR count). The van der Waals surface area contributed by atoms with Crippen molar-refractivity contribution in [1.82, 2.24) is 4.72 Å². The molecule has 4 nitrogen and oxygen atoms in total. The van der Waals surface area contributed by atoms with Crippen LogP contribution in [0, 0.1) is 0 Å². The van der Waals surface area contributed by atoms with Gasteiger partial charge in [0, 0.05) is 12.6 Å². The molecule has 80 valence electrons. The number of nitrogens with two attached hydrogens (primary N) is 1. The van der Waals surface area contributed by atoms with Gasteiger partial charge in [0.05, 0.1) is 5.75 Å². The summed E-state index contributed by atoms with van der Waals surface area (Å²) in [6.45, 7) is 4.22. The van der Waals surface area contributed by atoms with Crippen molar-refractivity contribution in [2.75, 3.05) is 12.3 Å². The standard InChI is InChI=1S/C8H20N2O2S/c1-3-5-8(9)7-10-13(11,12)6-4-2/h8,10H,3-7,9H2,1-2H3. The monoisotopic (exact) mass is 208 g/mol. The Morgan fingerprint density at radius 3 is 2.38 bits per heavy atom. The third kappa shape index (κ3) is 6.98. The van der Waals surface area contributed by atoms with Crippen LogP contribution in [0.25, 0.3) is 0 Å². The van der Waals surface area contributed by atoms with E-state index < -0.39 is 10.0 Å². The Morgan fingerprint density at radius 1 is 1.31 bits per heavy atom. The highest BCUT2D eigenvalue weighted by molar-refractivity contribution is 7.89. The van der Waals surface area contributed by atoms with Gasteiger partial charge in [0.15, 0.2) is 0 Å². The Morgan fingerprint density at radius 2 is 1.92 bits per heavy atom. The lowest BCUT2D eigenvalue weighted by Gasteiger charge is -2.11. The zero-order valence-electron chi connectivity index (χ0n) is 8.41. The second-order valence-corrected chi connectivity index (χ2v) is 5.14. The summed E-state index contributed by atoms with van der Waals surface area (Å²) in [7, 11) is -3.08. The Bertz CT molecular complexity index is 214. The molecule has 0 fully saturated rings. The normalized spacial score (nSPS) is 14.4. The van der Waals surface area contributed by atoms with Gasteiger partial charge in [0.25, 0.3) is 0 Å². The maximum atomic E-state index is 11.2. The number of hydrogen-bond acceptors (Lipinski definition) is 3. The van der Waals surface area contributed by atoms with Crippen molar-refractivity contribution in [2.45, 2.75) is 39.2 Å². The van der Waals surface area contributed by atoms with Gasteiger partial charge in [-0.05, 0) is 12.8 Å². The lowest BCUT2D eigenvalue weighted by Crippen LogP contribution is -2.38. The van der Waals surface area contributed by atoms with Crippen molar-refractivity contribution < 1.29 is 8.42 Å². The molecule has 0 radical (unpaired) electrons. The van der Waals surface area contributed by atoms with E-state index in [9.17, 15) is 8.42 Å². The molecule has 0 heterocycles. The molecule has 1 unspecified atom stereocenters. The Balaban J connectivity index is 3.74. The lowest BCUT2D eigenvalue weighted by atomic mass is 10.2. The van der Waals surface area contributed by atoms with Gasteiger partial charge in [-0.2, -0.15) is 0 Å². The van der Waals surface area contributed by atoms with E-state index in [0.717, 1.165) is 12.8 Å². The van der Waals surface area contributed by atoms with Crippen LogP contribution in [0.1, 0.15) is 33.1 Å². The summed E-state index contributed by atoms with van der Waals surface area (Å²) in [5.74, 6) is 0.186. The largest absolute Gasteiger partial charge is 0.327 e. The van der Waals surface area contributed by atoms with Gasteiger partial charge in [-0.15, -0.1) is 0 Å². The first-order valence-corrected chi connectivity index (χ1v) is 6.40. The molecule has 0 aliphatic rings. The predicted octanol–water partition coefficient (Wildman–Crippen LogP) is 0.443. The van der Waals surface area contributed by atoms with Crippen LogP contribution in [0.2, 0.25) is 0 Å². The van der Waals surface area contributed by atoms with Crippen LogP contribution < -0.4 is 10.5 Å². The fourth-order valence-electron chi connectivity index (χ4n) is 1.05. The summed E-state index contributed by atoms with van der Waals surface area (Å²) in [5.41, 5.74) is 5.66. The Kier molecular flexibility index (Phi) is 6.28. The zero-order chi connectivity index (χ0) is 10.3. The highest BCUT2D eigenvalue weighted by atomic mass is 32.2. The third-order valence-electron chi connectivity index (χ3n) is 1.70. The molecule has 0 aromatic heterocycles. The number of nitrogens with one attached hydrogen (secondary N) is 1. The van der Waals surface area contributed by atoms with Crippen molar-refractivity contribution >= 4 is 10.0 Å². The van der Waals surface area contributed by atoms with Crippen molar-refractivity contribution in [3.63, 3.8) is 0 Å². The van der Waals surface area contributed by atoms with Crippen LogP contribution in [0.15, 0.2) is 0 Å². The van der Waals surface area contributed by atoms with Gasteiger partial charge in [-0.25, -0.2) is 13.1 Å². The molecule has 3 N–H and O–H groups in total. The summed E-state index contributed by atoms with van der Waals surface area (Å²) < 4.78 is 24.8. The first-order valence-electron chi connectivity index (χ1n) is 4.74. The van der Waals surface area contributed by atoms with E-state index in [1.807, 2.05) is 13.8 Å². The van der Waals surface area contributed by atoms with Crippen LogP contribution in [-0.4, -0.2) is 26.8 Å². The van der Waals surface area contributed by atoms with Crippen molar-refractivity contribution in [3.8, 4) is 0 Å². The molecule has 0 saturated carbocycles. The molecule has 0 aliphatic heterocycles. The maximum absolute atomic E-state index is 11.2. The smallest absolute Gasteiger partial charge is 0.211 e. The molecule has 0 aliphatic carbocycles. The molecule has 1 atom stereocenters. The summed E-state index contributed by atoms with van der Waals surface area (Å²) >= 11 is 0. The predicted molar refractivity (Wildman–Crippen MR) is 55.0 cm³/mol. The quantitative estimate of drug-likeness (QED) is 0.638. The molecule has 5 heteroatoms. The summed E-state index contributed by atoms with van der Waals surface area (Å²) in [6.07, 6.45) is 2.48. The van der Waals surface area contributed by atoms with Crippen molar-refractivity contribution in [1.29, 1.82) is 0 Å². The van der Waals surface area contributed by atoms with E-state index in [4.69, 9.17) is 5.73 Å². The minimum absolute atomic E-state index is 0.0587. The fraction of sp³-hybridized carbons (Fsp3) is 1.00. The van der Waals surface area contributed by atoms with Crippen LogP contribution in [-0.2, 0) is 10.0 Å². The zero-order valence-corrected chi connectivity index (χ0v) is 9.23. The first kappa shape index (κ1) is 12.9. The second-order valence-electron chi connectivity index (χ2n) is 3.22. The van der Waals surface area contributed by atoms with Crippen LogP contribution >= 0.6 is 0 Å². The van der Waals surface area contributed by atoms with Gasteiger partial charge in [0.1, 0.15) is 0 Å². The second kappa shape index (κ2) is 6.34. The number of hydrogen-bond donors (Lipinski definition) is 2. The highest BCUT2D eigenvalue weighted by Gasteiger charge is 2.09. The molecule has 0 aromatic carbocycles. The van der Waals surface area contributed by atoms with Gasteiger partial charge in [-0.1, -0.05) is 20.3 Å². The van der Waals surface area contributed by atoms with E-state index in [2.05, 4.69) is 4.72 Å². The van der Waals surface area contributed by atoms with E-state index >= 15 is 0 Å². The minimum atomic E-state index is -3.08. The van der Waals surface area contributed by atoms with Crippen molar-refractivity contribution in [3.05, 3.63) is 0 Å². The van der Waals surface area contributed by atoms with E-state index in [1.54, 1.807) is 0 Å². The van der Waals surface area contributed by atoms with Crippen LogP contribution in [0.4, 0.5) is 0 Å². The molecule has 0 saturated heterocycles. The lowest BCUT2D eigenvalue weighted by molar-refractivity contribution is 0.552. The number of rotatable bonds is 7. The average molecular weight is 208 g/mol. The summed E-state index contributed by atoms with van der Waals surface area (Å²) in [5, 5.41) is 0. The van der Waals surface area contributed by atoms with Gasteiger partial charge < -0.3 is 5.73 Å². The van der Waals surface area contributed by atoms with E-state index in [0.29, 0.717) is 13.0 Å². The molecule has 0 spiro atoms. The molecule has 0 amide bonds. The third-order valence-corrected chi connectivity index (χ3v) is 3.25. The summed E-state index contributed by atoms with van der Waals surface area (Å²) in [4.78, 5) is 0. The minimum Gasteiger partial charge on any atom is -0.327 e. The highest BCUT2D eigenvalue weighted by Crippen LogP contribution is 1.93. The molecule has 0 bridgehead atoms. The van der Waals surface area contributed by atoms with Crippen molar-refractivity contribution in [2.24, 2.45) is 5.73 Å². The fourth-order valence-corrected chi connectivity index (χ4v) is 2.20. The Hall–Kier alpha value is -0.130. The van der Waals surface area contributed by atoms with Gasteiger partial charge in [-0.3, -0.25) is 0 Å². The van der Waals surface area contributed by atoms with Gasteiger partial charge in [0.2, 0.25) is 10.0 Å². The average Bonchev–Trinajstić information content (AvgIpc) is 2.02. The molecular formula is C8H20N2O2S. The SMILES string of the molecule is CCCC(N)CNS(=O)(=O)CCC. The number of sulfonamides is 1. The van der Waals surface area contributed by atoms with Crippen LogP contribution in [0.3, 0.4) is 0 Å². The van der Waals surface area contributed by atoms with E-state index in [1.165, 1.54) is 0 Å². The Labute approximate surface area is 80.9 Å². The van der Waals surface area contributed by atoms with Crippen LogP contribution in [0.5, 0.6) is 0 Å². The summed E-state index contributed by atoms with van der Waals surface area (Å²) in [6, 6.07) is -0.0587. The maximum Gasteiger partial charge on any atom is 0.211 e.